The summed E-state index contributed by atoms with van der Waals surface area (Å²) >= 11 is 0. The van der Waals surface area contributed by atoms with Crippen molar-refractivity contribution < 1.29 is 8.83 Å². The molecule has 0 aliphatic heterocycles. The largest absolute Gasteiger partial charge is 0.455 e. The first-order valence-corrected chi connectivity index (χ1v) is 13.9. The summed E-state index contributed by atoms with van der Waals surface area (Å²) in [6.07, 6.45) is 1.85. The van der Waals surface area contributed by atoms with Gasteiger partial charge in [-0.15, -0.1) is 0 Å². The van der Waals surface area contributed by atoms with Crippen molar-refractivity contribution in [2.45, 2.75) is 19.3 Å². The van der Waals surface area contributed by atoms with E-state index in [-0.39, 0.29) is 5.41 Å². The van der Waals surface area contributed by atoms with Crippen LogP contribution < -0.4 is 0 Å². The molecule has 4 heterocycles. The van der Waals surface area contributed by atoms with Crippen LogP contribution in [-0.2, 0) is 5.41 Å². The quantitative estimate of drug-likeness (QED) is 0.224. The Kier molecular flexibility index (Phi) is 4.36. The van der Waals surface area contributed by atoms with Gasteiger partial charge in [0.1, 0.15) is 22.3 Å². The molecule has 4 aromatic heterocycles. The molecule has 0 radical (unpaired) electrons. The van der Waals surface area contributed by atoms with E-state index in [9.17, 15) is 0 Å². The number of rotatable bonds is 2. The van der Waals surface area contributed by atoms with E-state index < -0.39 is 0 Å². The lowest BCUT2D eigenvalue weighted by molar-refractivity contribution is 0.658. The molecule has 0 N–H and O–H groups in total. The first-order valence-electron chi connectivity index (χ1n) is 13.9. The number of pyridine rings is 2. The number of para-hydroxylation sites is 2. The second-order valence-electron chi connectivity index (χ2n) is 11.4. The molecular formula is C37H24N2O2. The molecule has 0 unspecified atom stereocenters. The van der Waals surface area contributed by atoms with Gasteiger partial charge in [0.2, 0.25) is 0 Å². The topological polar surface area (TPSA) is 52.1 Å². The van der Waals surface area contributed by atoms with E-state index in [0.29, 0.717) is 0 Å². The summed E-state index contributed by atoms with van der Waals surface area (Å²) in [5.41, 5.74) is 11.9. The highest BCUT2D eigenvalue weighted by molar-refractivity contribution is 6.25. The molecule has 0 spiro atoms. The molecule has 0 atom stereocenters. The fourth-order valence-corrected chi connectivity index (χ4v) is 6.65. The van der Waals surface area contributed by atoms with Crippen LogP contribution in [-0.4, -0.2) is 9.97 Å². The number of nitrogens with zero attached hydrogens (tertiary/aromatic N) is 2. The molecule has 1 aliphatic rings. The lowest BCUT2D eigenvalue weighted by atomic mass is 9.83. The fourth-order valence-electron chi connectivity index (χ4n) is 6.65. The number of hydrogen-bond donors (Lipinski definition) is 0. The summed E-state index contributed by atoms with van der Waals surface area (Å²) in [4.78, 5) is 9.81. The van der Waals surface area contributed by atoms with Crippen LogP contribution in [0.25, 0.3) is 77.6 Å². The van der Waals surface area contributed by atoms with Crippen LogP contribution in [0.5, 0.6) is 0 Å². The Hall–Kier alpha value is -5.22. The second-order valence-corrected chi connectivity index (χ2v) is 11.4. The van der Waals surface area contributed by atoms with Gasteiger partial charge in [0, 0.05) is 38.9 Å². The zero-order valence-corrected chi connectivity index (χ0v) is 22.6. The van der Waals surface area contributed by atoms with Crippen molar-refractivity contribution in [1.29, 1.82) is 0 Å². The fraction of sp³-hybridized carbons (Fsp3) is 0.0811. The van der Waals surface area contributed by atoms with Crippen molar-refractivity contribution in [3.63, 3.8) is 0 Å². The number of benzene rings is 4. The summed E-state index contributed by atoms with van der Waals surface area (Å²) in [5, 5.41) is 4.27. The van der Waals surface area contributed by atoms with Gasteiger partial charge in [-0.3, -0.25) is 4.98 Å². The van der Waals surface area contributed by atoms with Crippen molar-refractivity contribution in [3.05, 3.63) is 120 Å². The van der Waals surface area contributed by atoms with E-state index in [1.807, 2.05) is 42.6 Å². The van der Waals surface area contributed by atoms with Gasteiger partial charge in [-0.1, -0.05) is 86.6 Å². The van der Waals surface area contributed by atoms with Gasteiger partial charge < -0.3 is 8.83 Å². The zero-order chi connectivity index (χ0) is 27.3. The lowest BCUT2D eigenvalue weighted by Gasteiger charge is -2.20. The van der Waals surface area contributed by atoms with E-state index in [1.165, 1.54) is 11.1 Å². The Morgan fingerprint density at radius 1 is 0.585 bits per heavy atom. The van der Waals surface area contributed by atoms with Gasteiger partial charge >= 0.3 is 0 Å². The molecule has 0 bridgehead atoms. The molecule has 194 valence electrons. The van der Waals surface area contributed by atoms with E-state index in [4.69, 9.17) is 18.8 Å². The van der Waals surface area contributed by atoms with Crippen molar-refractivity contribution in [2.75, 3.05) is 0 Å². The summed E-state index contributed by atoms with van der Waals surface area (Å²) in [5.74, 6) is 0. The first kappa shape index (κ1) is 22.6. The van der Waals surface area contributed by atoms with Crippen LogP contribution in [0, 0.1) is 0 Å². The molecule has 0 saturated carbocycles. The SMILES string of the molecule is CC1(C)c2cccnc2-c2nc(-c3ccc(-c4cc5c6ccccc6oc5c5c4oc4ccccc45)cc3)ccc21. The number of aromatic nitrogens is 2. The third-order valence-electron chi connectivity index (χ3n) is 8.76. The monoisotopic (exact) mass is 528 g/mol. The summed E-state index contributed by atoms with van der Waals surface area (Å²) < 4.78 is 12.9. The molecule has 8 aromatic rings. The smallest absolute Gasteiger partial charge is 0.147 e. The van der Waals surface area contributed by atoms with Gasteiger partial charge in [-0.05, 0) is 47.0 Å². The summed E-state index contributed by atoms with van der Waals surface area (Å²) in [6, 6.07) is 35.7. The maximum atomic E-state index is 6.48. The van der Waals surface area contributed by atoms with E-state index in [2.05, 4.69) is 80.6 Å². The average Bonchev–Trinajstić information content (AvgIpc) is 3.65. The van der Waals surface area contributed by atoms with Crippen LogP contribution in [0.3, 0.4) is 0 Å². The Bertz CT molecular complexity index is 2340. The Morgan fingerprint density at radius 2 is 1.27 bits per heavy atom. The average molecular weight is 529 g/mol. The molecule has 0 amide bonds. The predicted molar refractivity (Wildman–Crippen MR) is 165 cm³/mol. The lowest BCUT2D eigenvalue weighted by Crippen LogP contribution is -2.15. The van der Waals surface area contributed by atoms with Gasteiger partial charge in [0.05, 0.1) is 22.5 Å². The number of hydrogen-bond acceptors (Lipinski definition) is 4. The van der Waals surface area contributed by atoms with Crippen molar-refractivity contribution in [2.24, 2.45) is 0 Å². The Morgan fingerprint density at radius 3 is 2.10 bits per heavy atom. The molecule has 0 saturated heterocycles. The van der Waals surface area contributed by atoms with E-state index in [0.717, 1.165) is 77.6 Å². The summed E-state index contributed by atoms with van der Waals surface area (Å²) in [7, 11) is 0. The van der Waals surface area contributed by atoms with Crippen LogP contribution >= 0.6 is 0 Å². The highest BCUT2D eigenvalue weighted by Gasteiger charge is 2.37. The molecule has 4 nitrogen and oxygen atoms in total. The van der Waals surface area contributed by atoms with Gasteiger partial charge in [0.25, 0.3) is 0 Å². The minimum Gasteiger partial charge on any atom is -0.455 e. The third-order valence-corrected chi connectivity index (χ3v) is 8.76. The van der Waals surface area contributed by atoms with Crippen molar-refractivity contribution in [3.8, 4) is 33.8 Å². The van der Waals surface area contributed by atoms with Crippen LogP contribution in [0.15, 0.2) is 118 Å². The highest BCUT2D eigenvalue weighted by atomic mass is 16.3. The van der Waals surface area contributed by atoms with Crippen molar-refractivity contribution in [1.82, 2.24) is 9.97 Å². The van der Waals surface area contributed by atoms with Gasteiger partial charge in [-0.25, -0.2) is 4.98 Å². The van der Waals surface area contributed by atoms with E-state index >= 15 is 0 Å². The first-order chi connectivity index (χ1) is 20.1. The number of furan rings is 2. The van der Waals surface area contributed by atoms with Gasteiger partial charge in [-0.2, -0.15) is 0 Å². The molecule has 1 aliphatic carbocycles. The minimum atomic E-state index is -0.109. The summed E-state index contributed by atoms with van der Waals surface area (Å²) in [6.45, 7) is 4.49. The normalized spacial score (nSPS) is 13.8. The Labute approximate surface area is 235 Å². The maximum absolute atomic E-state index is 6.48. The van der Waals surface area contributed by atoms with Crippen molar-refractivity contribution >= 4 is 43.9 Å². The van der Waals surface area contributed by atoms with Crippen LogP contribution in [0.2, 0.25) is 0 Å². The minimum absolute atomic E-state index is 0.109. The molecular weight excluding hydrogens is 504 g/mol. The molecule has 9 rings (SSSR count). The van der Waals surface area contributed by atoms with E-state index in [1.54, 1.807) is 0 Å². The standard InChI is InChI=1S/C37H24N2O2/c1-37(2)27-10-7-19-38-33(27)34-28(37)17-18-29(39-34)22-15-13-21(14-16-22)25-20-26-23-8-3-5-11-30(23)40-36(26)32-24-9-4-6-12-31(24)41-35(25)32/h3-20H,1-2H3. The van der Waals surface area contributed by atoms with Crippen LogP contribution in [0.1, 0.15) is 25.0 Å². The molecule has 4 heteroatoms. The highest BCUT2D eigenvalue weighted by Crippen LogP contribution is 2.47. The second kappa shape index (κ2) is 7.92. The third kappa shape index (κ3) is 3.05. The molecule has 41 heavy (non-hydrogen) atoms. The predicted octanol–water partition coefficient (Wildman–Crippen LogP) is 9.92. The molecule has 4 aromatic carbocycles. The zero-order valence-electron chi connectivity index (χ0n) is 22.6. The number of fused-ring (bicyclic) bond motifs is 10. The molecule has 0 fully saturated rings. The Balaban J connectivity index is 1.22. The maximum Gasteiger partial charge on any atom is 0.147 e. The van der Waals surface area contributed by atoms with Crippen LogP contribution in [0.4, 0.5) is 0 Å². The van der Waals surface area contributed by atoms with Gasteiger partial charge in [0.15, 0.2) is 0 Å².